The molecular weight excluding hydrogens is 292 g/mol. The summed E-state index contributed by atoms with van der Waals surface area (Å²) in [5.74, 6) is 0.932. The minimum absolute atomic E-state index is 0.0589. The fourth-order valence-electron chi connectivity index (χ4n) is 1.86. The minimum Gasteiger partial charge on any atom is -0.324 e. The van der Waals surface area contributed by atoms with Gasteiger partial charge >= 0.3 is 0 Å². The molecule has 1 atom stereocenters. The first-order valence-corrected chi connectivity index (χ1v) is 6.79. The van der Waals surface area contributed by atoms with Gasteiger partial charge in [0.2, 0.25) is 0 Å². The van der Waals surface area contributed by atoms with Gasteiger partial charge in [0.25, 0.3) is 0 Å². The van der Waals surface area contributed by atoms with Gasteiger partial charge in [0.15, 0.2) is 0 Å². The number of hydrogen-bond donors (Lipinski definition) is 1. The largest absolute Gasteiger partial charge is 0.324 e. The van der Waals surface area contributed by atoms with Crippen LogP contribution in [0.4, 0.5) is 0 Å². The lowest BCUT2D eigenvalue weighted by Gasteiger charge is -2.13. The van der Waals surface area contributed by atoms with Crippen LogP contribution in [0.5, 0.6) is 0 Å². The highest BCUT2D eigenvalue weighted by atomic mass is 79.9. The molecular formula is C13H17BrN4. The van der Waals surface area contributed by atoms with Gasteiger partial charge in [-0.3, -0.25) is 4.68 Å². The second kappa shape index (κ2) is 5.63. The van der Waals surface area contributed by atoms with Gasteiger partial charge in [-0.2, -0.15) is 5.10 Å². The Morgan fingerprint density at radius 1 is 1.44 bits per heavy atom. The third-order valence-electron chi connectivity index (χ3n) is 3.02. The number of halogens is 1. The first kappa shape index (κ1) is 13.2. The molecule has 2 aromatic rings. The average molecular weight is 309 g/mol. The van der Waals surface area contributed by atoms with E-state index < -0.39 is 0 Å². The average Bonchev–Trinajstić information content (AvgIpc) is 2.79. The maximum Gasteiger partial charge on any atom is 0.138 e. The van der Waals surface area contributed by atoms with E-state index in [1.807, 2.05) is 11.6 Å². The zero-order valence-electron chi connectivity index (χ0n) is 10.6. The number of nitrogens with zero attached hydrogens (tertiary/aromatic N) is 3. The highest BCUT2D eigenvalue weighted by Crippen LogP contribution is 2.22. The van der Waals surface area contributed by atoms with E-state index in [0.29, 0.717) is 6.42 Å². The van der Waals surface area contributed by atoms with Crippen LogP contribution in [-0.4, -0.2) is 14.8 Å². The molecule has 0 amide bonds. The van der Waals surface area contributed by atoms with E-state index in [4.69, 9.17) is 5.73 Å². The summed E-state index contributed by atoms with van der Waals surface area (Å²) in [6, 6.07) is 6.16. The summed E-state index contributed by atoms with van der Waals surface area (Å²) >= 11 is 3.53. The van der Waals surface area contributed by atoms with Crippen molar-refractivity contribution >= 4 is 15.9 Å². The van der Waals surface area contributed by atoms with E-state index in [0.717, 1.165) is 22.4 Å². The fraction of sp³-hybridized carbons (Fsp3) is 0.385. The van der Waals surface area contributed by atoms with Gasteiger partial charge in [-0.1, -0.05) is 28.1 Å². The number of rotatable bonds is 4. The van der Waals surface area contributed by atoms with Gasteiger partial charge in [0.1, 0.15) is 12.2 Å². The van der Waals surface area contributed by atoms with E-state index in [1.165, 1.54) is 5.56 Å². The smallest absolute Gasteiger partial charge is 0.138 e. The van der Waals surface area contributed by atoms with Gasteiger partial charge in [-0.15, -0.1) is 0 Å². The van der Waals surface area contributed by atoms with E-state index in [2.05, 4.69) is 51.1 Å². The van der Waals surface area contributed by atoms with E-state index in [9.17, 15) is 0 Å². The summed E-state index contributed by atoms with van der Waals surface area (Å²) in [7, 11) is 0. The van der Waals surface area contributed by atoms with Crippen LogP contribution >= 0.6 is 15.9 Å². The van der Waals surface area contributed by atoms with E-state index in [1.54, 1.807) is 6.33 Å². The molecule has 0 spiro atoms. The minimum atomic E-state index is -0.0589. The van der Waals surface area contributed by atoms with E-state index in [-0.39, 0.29) is 6.04 Å². The molecule has 96 valence electrons. The normalized spacial score (nSPS) is 12.7. The highest BCUT2D eigenvalue weighted by molar-refractivity contribution is 9.10. The first-order valence-electron chi connectivity index (χ1n) is 6.00. The number of benzene rings is 1. The SMILES string of the molecule is CCn1ncnc1CC(N)c1ccc(C)c(Br)c1. The Morgan fingerprint density at radius 2 is 2.22 bits per heavy atom. The maximum atomic E-state index is 6.23. The van der Waals surface area contributed by atoms with Crippen molar-refractivity contribution in [2.45, 2.75) is 32.9 Å². The Hall–Kier alpha value is -1.20. The van der Waals surface area contributed by atoms with Gasteiger partial charge in [0, 0.05) is 23.5 Å². The molecule has 0 bridgehead atoms. The topological polar surface area (TPSA) is 56.7 Å². The van der Waals surface area contributed by atoms with Gasteiger partial charge in [-0.25, -0.2) is 4.98 Å². The molecule has 18 heavy (non-hydrogen) atoms. The lowest BCUT2D eigenvalue weighted by atomic mass is 10.0. The molecule has 0 aliphatic carbocycles. The summed E-state index contributed by atoms with van der Waals surface area (Å²) < 4.78 is 2.97. The second-order valence-electron chi connectivity index (χ2n) is 4.31. The molecule has 1 aromatic carbocycles. The maximum absolute atomic E-state index is 6.23. The summed E-state index contributed by atoms with van der Waals surface area (Å²) in [6.45, 7) is 4.93. The fourth-order valence-corrected chi connectivity index (χ4v) is 2.26. The Balaban J connectivity index is 2.16. The molecule has 0 fully saturated rings. The number of aromatic nitrogens is 3. The van der Waals surface area contributed by atoms with Crippen molar-refractivity contribution in [1.29, 1.82) is 0 Å². The van der Waals surface area contributed by atoms with Crippen molar-refractivity contribution in [3.05, 3.63) is 46.0 Å². The van der Waals surface area contributed by atoms with Crippen molar-refractivity contribution in [3.8, 4) is 0 Å². The predicted molar refractivity (Wildman–Crippen MR) is 75.2 cm³/mol. The van der Waals surface area contributed by atoms with Crippen molar-refractivity contribution in [3.63, 3.8) is 0 Å². The zero-order chi connectivity index (χ0) is 13.1. The number of aryl methyl sites for hydroxylation is 2. The van der Waals surface area contributed by atoms with Crippen LogP contribution in [0.3, 0.4) is 0 Å². The van der Waals surface area contributed by atoms with E-state index >= 15 is 0 Å². The van der Waals surface area contributed by atoms with Gasteiger partial charge in [-0.05, 0) is 31.0 Å². The summed E-state index contributed by atoms with van der Waals surface area (Å²) in [6.07, 6.45) is 2.28. The van der Waals surface area contributed by atoms with Crippen LogP contribution in [0.2, 0.25) is 0 Å². The summed E-state index contributed by atoms with van der Waals surface area (Å²) in [5.41, 5.74) is 8.55. The molecule has 0 aliphatic heterocycles. The van der Waals surface area contributed by atoms with Crippen molar-refractivity contribution < 1.29 is 0 Å². The second-order valence-corrected chi connectivity index (χ2v) is 5.17. The molecule has 0 saturated carbocycles. The molecule has 1 heterocycles. The lowest BCUT2D eigenvalue weighted by molar-refractivity contribution is 0.581. The Kier molecular flexibility index (Phi) is 4.14. The molecule has 2 rings (SSSR count). The Labute approximate surface area is 115 Å². The van der Waals surface area contributed by atoms with Gasteiger partial charge in [0.05, 0.1) is 0 Å². The number of nitrogens with two attached hydrogens (primary N) is 1. The molecule has 0 radical (unpaired) electrons. The van der Waals surface area contributed by atoms with Crippen LogP contribution in [-0.2, 0) is 13.0 Å². The first-order chi connectivity index (χ1) is 8.61. The number of hydrogen-bond acceptors (Lipinski definition) is 3. The highest BCUT2D eigenvalue weighted by Gasteiger charge is 2.12. The van der Waals surface area contributed by atoms with Crippen LogP contribution in [0.25, 0.3) is 0 Å². The predicted octanol–water partition coefficient (Wildman–Crippen LogP) is 2.61. The molecule has 0 aliphatic rings. The third-order valence-corrected chi connectivity index (χ3v) is 3.88. The molecule has 2 N–H and O–H groups in total. The van der Waals surface area contributed by atoms with Crippen molar-refractivity contribution in [2.75, 3.05) is 0 Å². The monoisotopic (exact) mass is 308 g/mol. The molecule has 5 heteroatoms. The Morgan fingerprint density at radius 3 is 2.89 bits per heavy atom. The quantitative estimate of drug-likeness (QED) is 0.944. The third kappa shape index (κ3) is 2.79. The van der Waals surface area contributed by atoms with Crippen LogP contribution < -0.4 is 5.73 Å². The van der Waals surface area contributed by atoms with Gasteiger partial charge < -0.3 is 5.73 Å². The van der Waals surface area contributed by atoms with Crippen LogP contribution in [0, 0.1) is 6.92 Å². The standard InChI is InChI=1S/C13H17BrN4/c1-3-18-13(16-8-17-18)7-12(15)10-5-4-9(2)11(14)6-10/h4-6,8,12H,3,7,15H2,1-2H3. The van der Waals surface area contributed by atoms with Crippen LogP contribution in [0.1, 0.15) is 29.9 Å². The molecule has 0 saturated heterocycles. The Bertz CT molecular complexity index is 536. The molecule has 1 unspecified atom stereocenters. The summed E-state index contributed by atoms with van der Waals surface area (Å²) in [4.78, 5) is 4.25. The molecule has 1 aromatic heterocycles. The zero-order valence-corrected chi connectivity index (χ0v) is 12.2. The van der Waals surface area contributed by atoms with Crippen LogP contribution in [0.15, 0.2) is 29.0 Å². The summed E-state index contributed by atoms with van der Waals surface area (Å²) in [5, 5.41) is 4.15. The molecule has 4 nitrogen and oxygen atoms in total. The lowest BCUT2D eigenvalue weighted by Crippen LogP contribution is -2.17. The van der Waals surface area contributed by atoms with Crippen molar-refractivity contribution in [2.24, 2.45) is 5.73 Å². The van der Waals surface area contributed by atoms with Crippen molar-refractivity contribution in [1.82, 2.24) is 14.8 Å².